The fraction of sp³-hybridized carbons (Fsp3) is 0.500. The number of carbonyl (C=O) groups is 1. The molecule has 1 aliphatic heterocycles. The zero-order chi connectivity index (χ0) is 15.0. The lowest BCUT2D eigenvalue weighted by Crippen LogP contribution is -2.32. The first-order valence-corrected chi connectivity index (χ1v) is 7.54. The number of fused-ring (bicyclic) bond motifs is 1. The summed E-state index contributed by atoms with van der Waals surface area (Å²) in [5.74, 6) is 0.0487. The van der Waals surface area contributed by atoms with E-state index in [4.69, 9.17) is 5.11 Å². The lowest BCUT2D eigenvalue weighted by molar-refractivity contribution is 0.0697. The molecule has 21 heavy (non-hydrogen) atoms. The second-order valence-electron chi connectivity index (χ2n) is 5.70. The van der Waals surface area contributed by atoms with E-state index in [2.05, 4.69) is 21.4 Å². The largest absolute Gasteiger partial charge is 0.478 e. The molecule has 2 heterocycles. The van der Waals surface area contributed by atoms with Crippen LogP contribution < -0.4 is 0 Å². The third kappa shape index (κ3) is 2.53. The molecular weight excluding hydrogens is 266 g/mol. The molecule has 1 N–H and O–H groups in total. The number of hydrogen-bond acceptors (Lipinski definition) is 3. The summed E-state index contributed by atoms with van der Waals surface area (Å²) in [6.07, 6.45) is 2.48. The highest BCUT2D eigenvalue weighted by Crippen LogP contribution is 2.23. The van der Waals surface area contributed by atoms with Crippen molar-refractivity contribution in [3.05, 3.63) is 29.6 Å². The molecule has 2 aromatic rings. The first-order valence-electron chi connectivity index (χ1n) is 7.54. The van der Waals surface area contributed by atoms with Crippen molar-refractivity contribution in [2.24, 2.45) is 0 Å². The van der Waals surface area contributed by atoms with Gasteiger partial charge in [-0.15, -0.1) is 0 Å². The van der Waals surface area contributed by atoms with Gasteiger partial charge in [0.2, 0.25) is 0 Å². The van der Waals surface area contributed by atoms with Crippen molar-refractivity contribution in [3.8, 4) is 0 Å². The summed E-state index contributed by atoms with van der Waals surface area (Å²) in [6.45, 7) is 7.39. The van der Waals surface area contributed by atoms with Gasteiger partial charge in [0.25, 0.3) is 0 Å². The van der Waals surface area contributed by atoms with Crippen LogP contribution in [0, 0.1) is 6.92 Å². The van der Waals surface area contributed by atoms with Crippen LogP contribution in [0.1, 0.15) is 35.9 Å². The fourth-order valence-electron chi connectivity index (χ4n) is 3.34. The van der Waals surface area contributed by atoms with Crippen molar-refractivity contribution in [2.75, 3.05) is 13.1 Å². The van der Waals surface area contributed by atoms with E-state index in [1.807, 2.05) is 13.0 Å². The Morgan fingerprint density at radius 2 is 2.29 bits per heavy atom. The number of carboxylic acids is 1. The van der Waals surface area contributed by atoms with Gasteiger partial charge >= 0.3 is 5.97 Å². The molecule has 3 rings (SSSR count). The Hall–Kier alpha value is -1.88. The number of carboxylic acid groups (broad SMARTS) is 1. The topological polar surface area (TPSA) is 58.4 Å². The van der Waals surface area contributed by atoms with Gasteiger partial charge in [0.1, 0.15) is 5.82 Å². The van der Waals surface area contributed by atoms with Crippen LogP contribution in [0.2, 0.25) is 0 Å². The van der Waals surface area contributed by atoms with E-state index >= 15 is 0 Å². The van der Waals surface area contributed by atoms with Gasteiger partial charge in [-0.05, 0) is 51.1 Å². The van der Waals surface area contributed by atoms with Crippen LogP contribution in [0.4, 0.5) is 0 Å². The minimum absolute atomic E-state index is 0.295. The van der Waals surface area contributed by atoms with Gasteiger partial charge in [-0.1, -0.05) is 6.92 Å². The molecule has 0 radical (unpaired) electrons. The standard InChI is InChI=1S/C16H21N3O2/c1-3-18-8-4-5-13(18)10-19-11(2)17-14-9-12(16(20)21)6-7-15(14)19/h6-7,9,13H,3-5,8,10H2,1-2H3,(H,20,21). The van der Waals surface area contributed by atoms with Gasteiger partial charge in [-0.3, -0.25) is 4.90 Å². The molecule has 1 aromatic carbocycles. The minimum atomic E-state index is -0.906. The summed E-state index contributed by atoms with van der Waals surface area (Å²) < 4.78 is 2.22. The van der Waals surface area contributed by atoms with Gasteiger partial charge < -0.3 is 9.67 Å². The third-order valence-electron chi connectivity index (χ3n) is 4.48. The molecule has 1 aliphatic rings. The molecule has 0 aliphatic carbocycles. The third-order valence-corrected chi connectivity index (χ3v) is 4.48. The van der Waals surface area contributed by atoms with E-state index in [9.17, 15) is 4.79 Å². The van der Waals surface area contributed by atoms with Crippen LogP contribution in [-0.2, 0) is 6.54 Å². The van der Waals surface area contributed by atoms with Gasteiger partial charge in [0, 0.05) is 12.6 Å². The first-order chi connectivity index (χ1) is 10.1. The lowest BCUT2D eigenvalue weighted by atomic mass is 10.2. The monoisotopic (exact) mass is 287 g/mol. The number of likely N-dealkylation sites (tertiary alicyclic amines) is 1. The maximum atomic E-state index is 11.1. The van der Waals surface area contributed by atoms with Crippen molar-refractivity contribution in [1.29, 1.82) is 0 Å². The summed E-state index contributed by atoms with van der Waals surface area (Å²) in [7, 11) is 0. The predicted molar refractivity (Wildman–Crippen MR) is 81.7 cm³/mol. The summed E-state index contributed by atoms with van der Waals surface area (Å²) >= 11 is 0. The first kappa shape index (κ1) is 14.1. The minimum Gasteiger partial charge on any atom is -0.478 e. The Morgan fingerprint density at radius 3 is 3.00 bits per heavy atom. The van der Waals surface area contributed by atoms with Crippen LogP contribution in [0.15, 0.2) is 18.2 Å². The number of hydrogen-bond donors (Lipinski definition) is 1. The van der Waals surface area contributed by atoms with Crippen LogP contribution in [-0.4, -0.2) is 44.7 Å². The Bertz CT molecular complexity index is 677. The molecular formula is C16H21N3O2. The molecule has 0 bridgehead atoms. The molecule has 1 unspecified atom stereocenters. The average molecular weight is 287 g/mol. The van der Waals surface area contributed by atoms with E-state index in [-0.39, 0.29) is 0 Å². The Labute approximate surface area is 124 Å². The molecule has 5 nitrogen and oxygen atoms in total. The second kappa shape index (κ2) is 5.48. The predicted octanol–water partition coefficient (Wildman–Crippen LogP) is 2.53. The number of aryl methyl sites for hydroxylation is 1. The highest BCUT2D eigenvalue weighted by Gasteiger charge is 2.24. The zero-order valence-electron chi connectivity index (χ0n) is 12.5. The van der Waals surface area contributed by atoms with Crippen molar-refractivity contribution >= 4 is 17.0 Å². The number of aromatic nitrogens is 2. The van der Waals surface area contributed by atoms with E-state index in [1.54, 1.807) is 12.1 Å². The fourth-order valence-corrected chi connectivity index (χ4v) is 3.34. The quantitative estimate of drug-likeness (QED) is 0.938. The summed E-state index contributed by atoms with van der Waals surface area (Å²) in [5.41, 5.74) is 2.09. The molecule has 1 fully saturated rings. The maximum absolute atomic E-state index is 11.1. The van der Waals surface area contributed by atoms with Gasteiger partial charge in [0.05, 0.1) is 16.6 Å². The molecule has 0 amide bonds. The van der Waals surface area contributed by atoms with Crippen LogP contribution in [0.5, 0.6) is 0 Å². The molecule has 0 saturated carbocycles. The van der Waals surface area contributed by atoms with E-state index in [0.29, 0.717) is 11.6 Å². The van der Waals surface area contributed by atoms with Gasteiger partial charge in [-0.2, -0.15) is 0 Å². The van der Waals surface area contributed by atoms with E-state index in [0.717, 1.165) is 29.9 Å². The van der Waals surface area contributed by atoms with Crippen molar-refractivity contribution in [2.45, 2.75) is 39.3 Å². The highest BCUT2D eigenvalue weighted by atomic mass is 16.4. The SMILES string of the molecule is CCN1CCCC1Cn1c(C)nc2cc(C(=O)O)ccc21. The molecule has 0 spiro atoms. The average Bonchev–Trinajstić information content (AvgIpc) is 3.03. The lowest BCUT2D eigenvalue weighted by Gasteiger charge is -2.23. The van der Waals surface area contributed by atoms with Crippen molar-refractivity contribution in [1.82, 2.24) is 14.5 Å². The summed E-state index contributed by atoms with van der Waals surface area (Å²) in [4.78, 5) is 18.1. The van der Waals surface area contributed by atoms with Crippen LogP contribution >= 0.6 is 0 Å². The Morgan fingerprint density at radius 1 is 1.48 bits per heavy atom. The number of nitrogens with zero attached hydrogens (tertiary/aromatic N) is 3. The second-order valence-corrected chi connectivity index (χ2v) is 5.70. The molecule has 1 aromatic heterocycles. The smallest absolute Gasteiger partial charge is 0.335 e. The maximum Gasteiger partial charge on any atom is 0.335 e. The van der Waals surface area contributed by atoms with Gasteiger partial charge in [-0.25, -0.2) is 9.78 Å². The molecule has 1 saturated heterocycles. The van der Waals surface area contributed by atoms with E-state index in [1.165, 1.54) is 19.4 Å². The van der Waals surface area contributed by atoms with Crippen molar-refractivity contribution < 1.29 is 9.90 Å². The van der Waals surface area contributed by atoms with Crippen LogP contribution in [0.3, 0.4) is 0 Å². The zero-order valence-corrected chi connectivity index (χ0v) is 12.5. The molecule has 5 heteroatoms. The Kier molecular flexibility index (Phi) is 3.68. The number of aromatic carboxylic acids is 1. The molecule has 1 atom stereocenters. The summed E-state index contributed by atoms with van der Waals surface area (Å²) in [6, 6.07) is 5.76. The number of rotatable bonds is 4. The summed E-state index contributed by atoms with van der Waals surface area (Å²) in [5, 5.41) is 9.08. The Balaban J connectivity index is 1.95. The van der Waals surface area contributed by atoms with Crippen LogP contribution in [0.25, 0.3) is 11.0 Å². The van der Waals surface area contributed by atoms with Crippen molar-refractivity contribution in [3.63, 3.8) is 0 Å². The highest BCUT2D eigenvalue weighted by molar-refractivity contribution is 5.92. The number of benzene rings is 1. The number of likely N-dealkylation sites (N-methyl/N-ethyl adjacent to an activating group) is 1. The van der Waals surface area contributed by atoms with Gasteiger partial charge in [0.15, 0.2) is 0 Å². The van der Waals surface area contributed by atoms with E-state index < -0.39 is 5.97 Å². The normalized spacial score (nSPS) is 19.4. The number of imidazole rings is 1. The molecule has 112 valence electrons.